The molecule has 0 bridgehead atoms. The van der Waals surface area contributed by atoms with Crippen molar-refractivity contribution in [2.24, 2.45) is 0 Å². The van der Waals surface area contributed by atoms with Gasteiger partial charge < -0.3 is 18.9 Å². The third-order valence-electron chi connectivity index (χ3n) is 5.53. The van der Waals surface area contributed by atoms with Crippen LogP contribution in [0, 0.1) is 5.82 Å². The highest BCUT2D eigenvalue weighted by Gasteiger charge is 2.31. The van der Waals surface area contributed by atoms with E-state index in [-0.39, 0.29) is 11.1 Å². The van der Waals surface area contributed by atoms with Crippen molar-refractivity contribution in [1.82, 2.24) is 0 Å². The second-order valence-electron chi connectivity index (χ2n) is 7.34. The number of ether oxygens (including phenoxy) is 4. The molecule has 0 fully saturated rings. The van der Waals surface area contributed by atoms with Crippen LogP contribution in [0.2, 0.25) is 0 Å². The Morgan fingerprint density at radius 2 is 1.39 bits per heavy atom. The minimum Gasteiger partial charge on any atom is -0.493 e. The molecule has 7 nitrogen and oxygen atoms in total. The van der Waals surface area contributed by atoms with Gasteiger partial charge in [-0.1, -0.05) is 12.1 Å². The minimum absolute atomic E-state index is 0.232. The van der Waals surface area contributed by atoms with E-state index in [1.54, 1.807) is 24.3 Å². The normalized spacial score (nSPS) is 11.8. The number of rotatable bonds is 5. The number of hydrogen-bond acceptors (Lipinski definition) is 6. The fraction of sp³-hybridized carbons (Fsp3) is 0.200. The molecule has 1 aliphatic heterocycles. The van der Waals surface area contributed by atoms with Gasteiger partial charge in [-0.15, -0.1) is 0 Å². The van der Waals surface area contributed by atoms with Crippen LogP contribution in [0.25, 0.3) is 0 Å². The zero-order chi connectivity index (χ0) is 23.7. The first-order valence-electron chi connectivity index (χ1n) is 10.1. The predicted molar refractivity (Wildman–Crippen MR) is 120 cm³/mol. The summed E-state index contributed by atoms with van der Waals surface area (Å²) < 4.78 is 35.2. The number of benzene rings is 3. The van der Waals surface area contributed by atoms with Crippen molar-refractivity contribution >= 4 is 23.3 Å². The molecule has 1 aliphatic rings. The molecular weight excluding hydrogens is 429 g/mol. The van der Waals surface area contributed by atoms with Gasteiger partial charge in [0, 0.05) is 12.0 Å². The smallest absolute Gasteiger partial charge is 0.337 e. The van der Waals surface area contributed by atoms with E-state index in [1.165, 1.54) is 57.6 Å². The van der Waals surface area contributed by atoms with Crippen LogP contribution >= 0.6 is 0 Å². The summed E-state index contributed by atoms with van der Waals surface area (Å²) in [4.78, 5) is 27.4. The van der Waals surface area contributed by atoms with Crippen molar-refractivity contribution in [2.45, 2.75) is 6.42 Å². The summed E-state index contributed by atoms with van der Waals surface area (Å²) in [6.45, 7) is 0. The second-order valence-corrected chi connectivity index (χ2v) is 7.34. The summed E-state index contributed by atoms with van der Waals surface area (Å²) >= 11 is 0. The highest BCUT2D eigenvalue weighted by molar-refractivity contribution is 6.13. The van der Waals surface area contributed by atoms with Crippen molar-refractivity contribution in [3.05, 3.63) is 76.6 Å². The fourth-order valence-corrected chi connectivity index (χ4v) is 3.95. The van der Waals surface area contributed by atoms with Crippen LogP contribution in [0.4, 0.5) is 15.8 Å². The first-order valence-corrected chi connectivity index (χ1v) is 10.1. The number of esters is 1. The zero-order valence-corrected chi connectivity index (χ0v) is 18.6. The molecular formula is C25H22FNO6. The molecule has 3 aromatic carbocycles. The topological polar surface area (TPSA) is 74.3 Å². The maximum absolute atomic E-state index is 14.2. The van der Waals surface area contributed by atoms with Crippen molar-refractivity contribution in [3.8, 4) is 17.2 Å². The number of anilines is 2. The fourth-order valence-electron chi connectivity index (χ4n) is 3.95. The third kappa shape index (κ3) is 3.84. The Kier molecular flexibility index (Phi) is 5.91. The van der Waals surface area contributed by atoms with Crippen molar-refractivity contribution < 1.29 is 32.9 Å². The molecule has 0 spiro atoms. The first kappa shape index (κ1) is 22.1. The highest BCUT2D eigenvalue weighted by Crippen LogP contribution is 2.43. The van der Waals surface area contributed by atoms with E-state index >= 15 is 0 Å². The number of nitrogens with zero attached hydrogens (tertiary/aromatic N) is 1. The van der Waals surface area contributed by atoms with Gasteiger partial charge in [-0.25, -0.2) is 9.18 Å². The number of amides is 1. The van der Waals surface area contributed by atoms with E-state index < -0.39 is 17.7 Å². The molecule has 33 heavy (non-hydrogen) atoms. The predicted octanol–water partition coefficient (Wildman–Crippen LogP) is 4.52. The average molecular weight is 451 g/mol. The lowest BCUT2D eigenvalue weighted by Crippen LogP contribution is -2.31. The Balaban J connectivity index is 1.92. The average Bonchev–Trinajstić information content (AvgIpc) is 2.85. The van der Waals surface area contributed by atoms with Crippen molar-refractivity contribution in [1.29, 1.82) is 0 Å². The lowest BCUT2D eigenvalue weighted by molar-refractivity contribution is 0.0600. The van der Waals surface area contributed by atoms with E-state index in [2.05, 4.69) is 0 Å². The van der Waals surface area contributed by atoms with E-state index in [9.17, 15) is 14.0 Å². The SMILES string of the molecule is COC(=O)c1ccc2c(c1)N(C(=O)c1cc(OC)c(OC)c(OC)c1)c1cc(F)ccc1C2. The molecule has 0 saturated carbocycles. The Morgan fingerprint density at radius 3 is 1.97 bits per heavy atom. The van der Waals surface area contributed by atoms with E-state index in [1.807, 2.05) is 0 Å². The zero-order valence-electron chi connectivity index (χ0n) is 18.6. The molecule has 0 aliphatic carbocycles. The molecule has 0 saturated heterocycles. The van der Waals surface area contributed by atoms with Gasteiger partial charge in [-0.3, -0.25) is 9.69 Å². The van der Waals surface area contributed by atoms with E-state index in [0.717, 1.165) is 11.1 Å². The molecule has 1 amide bonds. The van der Waals surface area contributed by atoms with Gasteiger partial charge in [-0.05, 0) is 47.5 Å². The molecule has 0 N–H and O–H groups in total. The molecule has 1 heterocycles. The lowest BCUT2D eigenvalue weighted by atomic mass is 9.93. The lowest BCUT2D eigenvalue weighted by Gasteiger charge is -2.32. The van der Waals surface area contributed by atoms with Crippen LogP contribution in [0.3, 0.4) is 0 Å². The number of methoxy groups -OCH3 is 4. The van der Waals surface area contributed by atoms with Crippen molar-refractivity contribution in [2.75, 3.05) is 33.3 Å². The maximum Gasteiger partial charge on any atom is 0.337 e. The number of carbonyl (C=O) groups excluding carboxylic acids is 2. The number of halogens is 1. The van der Waals surface area contributed by atoms with E-state index in [4.69, 9.17) is 18.9 Å². The van der Waals surface area contributed by atoms with Gasteiger partial charge in [0.05, 0.1) is 45.4 Å². The standard InChI is InChI=1S/C25H22FNO6/c1-30-21-11-17(12-22(31-2)23(21)32-3)24(28)27-19-10-16(25(29)33-4)6-5-14(19)9-15-7-8-18(26)13-20(15)27/h5-8,10-13H,9H2,1-4H3. The van der Waals surface area contributed by atoms with Gasteiger partial charge in [0.15, 0.2) is 11.5 Å². The van der Waals surface area contributed by atoms with E-state index in [0.29, 0.717) is 35.0 Å². The van der Waals surface area contributed by atoms with Gasteiger partial charge in [0.1, 0.15) is 5.82 Å². The van der Waals surface area contributed by atoms with Crippen LogP contribution in [0.5, 0.6) is 17.2 Å². The number of fused-ring (bicyclic) bond motifs is 2. The van der Waals surface area contributed by atoms with Crippen LogP contribution in [0.1, 0.15) is 31.8 Å². The van der Waals surface area contributed by atoms with Crippen LogP contribution < -0.4 is 19.1 Å². The van der Waals surface area contributed by atoms with Crippen molar-refractivity contribution in [3.63, 3.8) is 0 Å². The molecule has 0 radical (unpaired) electrons. The molecule has 0 atom stereocenters. The summed E-state index contributed by atoms with van der Waals surface area (Å²) in [7, 11) is 5.66. The highest BCUT2D eigenvalue weighted by atomic mass is 19.1. The maximum atomic E-state index is 14.2. The summed E-state index contributed by atoms with van der Waals surface area (Å²) in [6.07, 6.45) is 0.478. The van der Waals surface area contributed by atoms with Gasteiger partial charge in [-0.2, -0.15) is 0 Å². The molecule has 0 unspecified atom stereocenters. The van der Waals surface area contributed by atoms with Crippen LogP contribution in [-0.2, 0) is 11.2 Å². The Morgan fingerprint density at radius 1 is 0.788 bits per heavy atom. The number of hydrogen-bond donors (Lipinski definition) is 0. The molecule has 3 aromatic rings. The molecule has 0 aromatic heterocycles. The minimum atomic E-state index is -0.539. The summed E-state index contributed by atoms with van der Waals surface area (Å²) in [5.41, 5.74) is 2.95. The molecule has 170 valence electrons. The second kappa shape index (κ2) is 8.82. The molecule has 4 rings (SSSR count). The summed E-state index contributed by atoms with van der Waals surface area (Å²) in [5.74, 6) is -0.522. The van der Waals surface area contributed by atoms with Gasteiger partial charge in [0.25, 0.3) is 5.91 Å². The monoisotopic (exact) mass is 451 g/mol. The third-order valence-corrected chi connectivity index (χ3v) is 5.53. The van der Waals surface area contributed by atoms with Crippen LogP contribution in [0.15, 0.2) is 48.5 Å². The Hall–Kier alpha value is -4.07. The Bertz CT molecular complexity index is 1230. The Labute approximate surface area is 190 Å². The largest absolute Gasteiger partial charge is 0.493 e. The number of carbonyl (C=O) groups is 2. The summed E-state index contributed by atoms with van der Waals surface area (Å²) in [5, 5.41) is 0. The van der Waals surface area contributed by atoms with Gasteiger partial charge in [0.2, 0.25) is 5.75 Å². The van der Waals surface area contributed by atoms with Crippen LogP contribution in [-0.4, -0.2) is 40.3 Å². The molecule has 8 heteroatoms. The van der Waals surface area contributed by atoms with Gasteiger partial charge >= 0.3 is 5.97 Å². The first-order chi connectivity index (χ1) is 15.9. The summed E-state index contributed by atoms with van der Waals surface area (Å²) in [6, 6.07) is 12.3. The quantitative estimate of drug-likeness (QED) is 0.531.